The minimum absolute atomic E-state index is 0. The molecule has 0 spiro atoms. The standard InChI is InChI=1S/C19H31N3O2S.HI/c1-19(2)15-22(9-12-25-19)18(20-3)21-14-16-7-5-8-17(13-16)24-11-6-10-23-4;/h5,7-8,13H,6,9-12,14-15H2,1-4H3,(H,20,21);1H. The number of rotatable bonds is 7. The van der Waals surface area contributed by atoms with Crippen molar-refractivity contribution in [2.75, 3.05) is 46.2 Å². The molecule has 0 aromatic heterocycles. The monoisotopic (exact) mass is 493 g/mol. The number of aliphatic imine (C=N–C) groups is 1. The molecule has 1 N–H and O–H groups in total. The van der Waals surface area contributed by atoms with Crippen molar-refractivity contribution in [1.29, 1.82) is 0 Å². The van der Waals surface area contributed by atoms with Crippen molar-refractivity contribution in [2.24, 2.45) is 4.99 Å². The minimum atomic E-state index is 0. The van der Waals surface area contributed by atoms with Crippen molar-refractivity contribution in [3.8, 4) is 5.75 Å². The van der Waals surface area contributed by atoms with Gasteiger partial charge in [0, 0.05) is 57.3 Å². The lowest BCUT2D eigenvalue weighted by Crippen LogP contribution is -2.50. The third-order valence-corrected chi connectivity index (χ3v) is 5.34. The average molecular weight is 493 g/mol. The number of nitrogens with one attached hydrogen (secondary N) is 1. The van der Waals surface area contributed by atoms with E-state index in [0.717, 1.165) is 50.1 Å². The summed E-state index contributed by atoms with van der Waals surface area (Å²) in [5, 5.41) is 3.49. The van der Waals surface area contributed by atoms with Crippen molar-refractivity contribution in [1.82, 2.24) is 10.2 Å². The van der Waals surface area contributed by atoms with Crippen LogP contribution in [0.2, 0.25) is 0 Å². The fraction of sp³-hybridized carbons (Fsp3) is 0.632. The molecule has 1 fully saturated rings. The zero-order chi connectivity index (χ0) is 18.1. The first-order valence-electron chi connectivity index (χ1n) is 8.84. The molecule has 0 atom stereocenters. The van der Waals surface area contributed by atoms with Gasteiger partial charge in [0.05, 0.1) is 6.61 Å². The van der Waals surface area contributed by atoms with E-state index in [1.54, 1.807) is 7.11 Å². The number of ether oxygens (including phenoxy) is 2. The third-order valence-electron chi connectivity index (χ3n) is 4.05. The molecule has 0 radical (unpaired) electrons. The van der Waals surface area contributed by atoms with E-state index in [9.17, 15) is 0 Å². The fourth-order valence-electron chi connectivity index (χ4n) is 2.85. The molecule has 0 amide bonds. The summed E-state index contributed by atoms with van der Waals surface area (Å²) in [4.78, 5) is 6.81. The summed E-state index contributed by atoms with van der Waals surface area (Å²) in [6.07, 6.45) is 0.897. The van der Waals surface area contributed by atoms with Gasteiger partial charge in [-0.15, -0.1) is 24.0 Å². The lowest BCUT2D eigenvalue weighted by atomic mass is 10.2. The average Bonchev–Trinajstić information content (AvgIpc) is 2.59. The SMILES string of the molecule is CN=C(NCc1cccc(OCCCOC)c1)N1CCSC(C)(C)C1.I. The van der Waals surface area contributed by atoms with E-state index in [-0.39, 0.29) is 28.7 Å². The van der Waals surface area contributed by atoms with Crippen LogP contribution in [0.1, 0.15) is 25.8 Å². The number of methoxy groups -OCH3 is 1. The Kier molecular flexibility index (Phi) is 10.7. The zero-order valence-corrected chi connectivity index (χ0v) is 19.4. The minimum Gasteiger partial charge on any atom is -0.493 e. The maximum atomic E-state index is 5.77. The fourth-order valence-corrected chi connectivity index (χ4v) is 3.96. The van der Waals surface area contributed by atoms with Crippen LogP contribution in [0.3, 0.4) is 0 Å². The number of benzene rings is 1. The van der Waals surface area contributed by atoms with E-state index < -0.39 is 0 Å². The first-order valence-corrected chi connectivity index (χ1v) is 9.83. The first kappa shape index (κ1) is 23.4. The van der Waals surface area contributed by atoms with Crippen LogP contribution in [0, 0.1) is 0 Å². The Labute approximate surface area is 179 Å². The van der Waals surface area contributed by atoms with Crippen molar-refractivity contribution >= 4 is 41.7 Å². The smallest absolute Gasteiger partial charge is 0.193 e. The zero-order valence-electron chi connectivity index (χ0n) is 16.3. The van der Waals surface area contributed by atoms with Gasteiger partial charge < -0.3 is 19.7 Å². The summed E-state index contributed by atoms with van der Waals surface area (Å²) in [6, 6.07) is 8.23. The van der Waals surface area contributed by atoms with Crippen molar-refractivity contribution in [2.45, 2.75) is 31.6 Å². The molecule has 1 aliphatic heterocycles. The van der Waals surface area contributed by atoms with Crippen molar-refractivity contribution in [3.63, 3.8) is 0 Å². The van der Waals surface area contributed by atoms with Crippen LogP contribution in [-0.2, 0) is 11.3 Å². The van der Waals surface area contributed by atoms with Crippen LogP contribution in [0.15, 0.2) is 29.3 Å². The number of hydrogen-bond acceptors (Lipinski definition) is 4. The van der Waals surface area contributed by atoms with Gasteiger partial charge in [0.25, 0.3) is 0 Å². The predicted molar refractivity (Wildman–Crippen MR) is 122 cm³/mol. The number of thioether (sulfide) groups is 1. The van der Waals surface area contributed by atoms with Gasteiger partial charge in [-0.2, -0.15) is 11.8 Å². The second-order valence-corrected chi connectivity index (χ2v) is 8.57. The van der Waals surface area contributed by atoms with Gasteiger partial charge in [-0.25, -0.2) is 0 Å². The highest BCUT2D eigenvalue weighted by Gasteiger charge is 2.28. The molecule has 148 valence electrons. The highest BCUT2D eigenvalue weighted by molar-refractivity contribution is 14.0. The molecular formula is C19H32IN3O2S. The molecule has 1 aliphatic rings. The quantitative estimate of drug-likeness (QED) is 0.272. The number of guanidine groups is 1. The Bertz CT molecular complexity index is 569. The number of halogens is 1. The normalized spacial score (nSPS) is 16.8. The first-order chi connectivity index (χ1) is 12.0. The lowest BCUT2D eigenvalue weighted by Gasteiger charge is -2.39. The molecule has 1 saturated heterocycles. The van der Waals surface area contributed by atoms with Gasteiger partial charge in [0.1, 0.15) is 5.75 Å². The highest BCUT2D eigenvalue weighted by atomic mass is 127. The molecule has 1 heterocycles. The van der Waals surface area contributed by atoms with E-state index in [2.05, 4.69) is 41.2 Å². The highest BCUT2D eigenvalue weighted by Crippen LogP contribution is 2.29. The summed E-state index contributed by atoms with van der Waals surface area (Å²) in [5.74, 6) is 3.01. The molecule has 0 saturated carbocycles. The topological polar surface area (TPSA) is 46.1 Å². The van der Waals surface area contributed by atoms with Crippen molar-refractivity contribution < 1.29 is 9.47 Å². The molecule has 7 heteroatoms. The van der Waals surface area contributed by atoms with Crippen LogP contribution in [0.4, 0.5) is 0 Å². The predicted octanol–water partition coefficient (Wildman–Crippen LogP) is 3.62. The largest absolute Gasteiger partial charge is 0.493 e. The summed E-state index contributed by atoms with van der Waals surface area (Å²) in [5.41, 5.74) is 1.19. The van der Waals surface area contributed by atoms with Gasteiger partial charge >= 0.3 is 0 Å². The van der Waals surface area contributed by atoms with Crippen LogP contribution >= 0.6 is 35.7 Å². The maximum Gasteiger partial charge on any atom is 0.193 e. The number of nitrogens with zero attached hydrogens (tertiary/aromatic N) is 2. The molecule has 1 aromatic carbocycles. The van der Waals surface area contributed by atoms with Crippen LogP contribution < -0.4 is 10.1 Å². The maximum absolute atomic E-state index is 5.77. The van der Waals surface area contributed by atoms with Gasteiger partial charge in [-0.1, -0.05) is 12.1 Å². The van der Waals surface area contributed by atoms with Gasteiger partial charge in [-0.3, -0.25) is 4.99 Å². The van der Waals surface area contributed by atoms with Gasteiger partial charge in [0.15, 0.2) is 5.96 Å². The van der Waals surface area contributed by atoms with Crippen LogP contribution in [0.5, 0.6) is 5.75 Å². The Morgan fingerprint density at radius 2 is 2.15 bits per heavy atom. The van der Waals surface area contributed by atoms with Crippen LogP contribution in [-0.4, -0.2) is 61.8 Å². The molecule has 26 heavy (non-hydrogen) atoms. The molecular weight excluding hydrogens is 461 g/mol. The van der Waals surface area contributed by atoms with E-state index in [1.807, 2.05) is 30.9 Å². The van der Waals surface area contributed by atoms with Crippen molar-refractivity contribution in [3.05, 3.63) is 29.8 Å². The Morgan fingerprint density at radius 3 is 2.85 bits per heavy atom. The van der Waals surface area contributed by atoms with Crippen LogP contribution in [0.25, 0.3) is 0 Å². The molecule has 5 nitrogen and oxygen atoms in total. The molecule has 1 aromatic rings. The molecule has 0 unspecified atom stereocenters. The Hall–Kier alpha value is -0.670. The molecule has 0 bridgehead atoms. The summed E-state index contributed by atoms with van der Waals surface area (Å²) < 4.78 is 11.1. The summed E-state index contributed by atoms with van der Waals surface area (Å²) >= 11 is 2.03. The molecule has 2 rings (SSSR count). The van der Waals surface area contributed by atoms with E-state index in [4.69, 9.17) is 9.47 Å². The second-order valence-electron chi connectivity index (χ2n) is 6.77. The lowest BCUT2D eigenvalue weighted by molar-refractivity contribution is 0.172. The summed E-state index contributed by atoms with van der Waals surface area (Å²) in [6.45, 7) is 8.78. The summed E-state index contributed by atoms with van der Waals surface area (Å²) in [7, 11) is 3.56. The number of hydrogen-bond donors (Lipinski definition) is 1. The third kappa shape index (κ3) is 7.92. The Morgan fingerprint density at radius 1 is 1.35 bits per heavy atom. The van der Waals surface area contributed by atoms with Gasteiger partial charge in [-0.05, 0) is 31.5 Å². The second kappa shape index (κ2) is 11.9. The van der Waals surface area contributed by atoms with Gasteiger partial charge in [0.2, 0.25) is 0 Å². The Balaban J connectivity index is 0.00000338. The molecule has 0 aliphatic carbocycles. The van der Waals surface area contributed by atoms with E-state index in [1.165, 1.54) is 5.56 Å². The van der Waals surface area contributed by atoms with E-state index in [0.29, 0.717) is 6.61 Å². The van der Waals surface area contributed by atoms with E-state index >= 15 is 0 Å².